The molecule has 7 heteroatoms. The number of nitrogens with zero attached hydrogens (tertiary/aromatic N) is 2. The lowest BCUT2D eigenvalue weighted by Crippen LogP contribution is -2.41. The Bertz CT molecular complexity index is 972. The van der Waals surface area contributed by atoms with Gasteiger partial charge in [-0.15, -0.1) is 0 Å². The van der Waals surface area contributed by atoms with Crippen LogP contribution in [0.2, 0.25) is 0 Å². The van der Waals surface area contributed by atoms with Crippen LogP contribution >= 0.6 is 0 Å². The monoisotopic (exact) mass is 385 g/mol. The second-order valence-corrected chi connectivity index (χ2v) is 6.49. The Kier molecular flexibility index (Phi) is 5.18. The van der Waals surface area contributed by atoms with Crippen molar-refractivity contribution in [3.05, 3.63) is 70.8 Å². The quantitative estimate of drug-likeness (QED) is 0.854. The summed E-state index contributed by atoms with van der Waals surface area (Å²) >= 11 is 0. The van der Waals surface area contributed by atoms with Crippen molar-refractivity contribution in [2.75, 3.05) is 7.05 Å². The van der Waals surface area contributed by atoms with E-state index in [-0.39, 0.29) is 17.6 Å². The summed E-state index contributed by atoms with van der Waals surface area (Å²) in [7, 11) is 1.56. The van der Waals surface area contributed by atoms with Crippen molar-refractivity contribution in [3.8, 4) is 5.75 Å². The molecule has 28 heavy (non-hydrogen) atoms. The maximum atomic E-state index is 13.3. The van der Waals surface area contributed by atoms with Crippen LogP contribution < -0.4 is 10.5 Å². The van der Waals surface area contributed by atoms with E-state index in [9.17, 15) is 13.6 Å². The Hall–Kier alpha value is -3.22. The van der Waals surface area contributed by atoms with Gasteiger partial charge in [0.05, 0.1) is 0 Å². The molecular formula is C21H21F2N3O2. The highest BCUT2D eigenvalue weighted by Gasteiger charge is 2.50. The summed E-state index contributed by atoms with van der Waals surface area (Å²) in [6.07, 6.45) is 3.75. The number of nitrogens with two attached hydrogens (primary N) is 1. The van der Waals surface area contributed by atoms with Crippen LogP contribution in [0, 0.1) is 6.92 Å². The summed E-state index contributed by atoms with van der Waals surface area (Å²) in [5, 5.41) is 0. The molecule has 1 unspecified atom stereocenters. The summed E-state index contributed by atoms with van der Waals surface area (Å²) in [6, 6.07) is 12.0. The van der Waals surface area contributed by atoms with E-state index < -0.39 is 12.2 Å². The number of amides is 1. The van der Waals surface area contributed by atoms with Gasteiger partial charge in [-0.3, -0.25) is 9.69 Å². The van der Waals surface area contributed by atoms with Gasteiger partial charge in [-0.25, -0.2) is 4.99 Å². The maximum absolute atomic E-state index is 13.3. The van der Waals surface area contributed by atoms with Gasteiger partial charge >= 0.3 is 6.61 Å². The van der Waals surface area contributed by atoms with Crippen molar-refractivity contribution >= 4 is 17.9 Å². The fourth-order valence-corrected chi connectivity index (χ4v) is 3.41. The third-order valence-corrected chi connectivity index (χ3v) is 4.75. The van der Waals surface area contributed by atoms with Gasteiger partial charge in [0.25, 0.3) is 5.91 Å². The first-order chi connectivity index (χ1) is 13.3. The molecule has 0 bridgehead atoms. The summed E-state index contributed by atoms with van der Waals surface area (Å²) in [5.41, 5.74) is 7.06. The summed E-state index contributed by atoms with van der Waals surface area (Å²) in [5.74, 6) is -0.180. The molecule has 1 aliphatic rings. The number of carbonyl (C=O) groups excluding carboxylic acids is 1. The molecule has 0 saturated carbocycles. The Morgan fingerprint density at radius 2 is 1.96 bits per heavy atom. The average molecular weight is 385 g/mol. The number of guanidine groups is 1. The molecule has 0 spiro atoms. The highest BCUT2D eigenvalue weighted by atomic mass is 19.3. The number of carbonyl (C=O) groups is 1. The topological polar surface area (TPSA) is 67.9 Å². The maximum Gasteiger partial charge on any atom is 0.387 e. The fraction of sp³-hybridized carbons (Fsp3) is 0.238. The van der Waals surface area contributed by atoms with E-state index in [1.165, 1.54) is 11.0 Å². The predicted molar refractivity (Wildman–Crippen MR) is 104 cm³/mol. The zero-order valence-electron chi connectivity index (χ0n) is 15.8. The first-order valence-corrected chi connectivity index (χ1v) is 8.73. The smallest absolute Gasteiger partial charge is 0.387 e. The van der Waals surface area contributed by atoms with Crippen LogP contribution in [-0.2, 0) is 10.3 Å². The Labute approximate surface area is 162 Å². The number of likely N-dealkylation sites (N-methyl/N-ethyl adjacent to an activating group) is 1. The minimum Gasteiger partial charge on any atom is -0.435 e. The Morgan fingerprint density at radius 3 is 2.54 bits per heavy atom. The molecule has 0 fully saturated rings. The van der Waals surface area contributed by atoms with Crippen molar-refractivity contribution in [1.29, 1.82) is 0 Å². The minimum atomic E-state index is -2.93. The number of aryl methyl sites for hydroxylation is 1. The van der Waals surface area contributed by atoms with E-state index in [0.717, 1.165) is 5.56 Å². The minimum absolute atomic E-state index is 0.0476. The van der Waals surface area contributed by atoms with Gasteiger partial charge in [0.1, 0.15) is 5.75 Å². The largest absolute Gasteiger partial charge is 0.435 e. The summed E-state index contributed by atoms with van der Waals surface area (Å²) in [6.45, 7) is 0.592. The highest BCUT2D eigenvalue weighted by molar-refractivity contribution is 6.09. The SMILES string of the molecule is CC=Cc1ccccc1C1(c2ccc(OC(F)F)c(C)c2)N=C(N)N(C)C1=O. The van der Waals surface area contributed by atoms with Gasteiger partial charge < -0.3 is 10.5 Å². The third-order valence-electron chi connectivity index (χ3n) is 4.75. The van der Waals surface area contributed by atoms with Crippen LogP contribution in [0.5, 0.6) is 5.75 Å². The molecule has 0 aromatic heterocycles. The highest BCUT2D eigenvalue weighted by Crippen LogP contribution is 2.42. The Morgan fingerprint density at radius 1 is 1.25 bits per heavy atom. The van der Waals surface area contributed by atoms with Crippen molar-refractivity contribution in [2.45, 2.75) is 26.0 Å². The fourth-order valence-electron chi connectivity index (χ4n) is 3.41. The molecule has 2 N–H and O–H groups in total. The molecule has 1 atom stereocenters. The zero-order chi connectivity index (χ0) is 20.5. The molecule has 1 heterocycles. The lowest BCUT2D eigenvalue weighted by atomic mass is 9.79. The van der Waals surface area contributed by atoms with E-state index in [1.807, 2.05) is 43.3 Å². The number of allylic oxidation sites excluding steroid dienone is 1. The molecule has 0 aliphatic carbocycles. The molecule has 3 rings (SSSR count). The van der Waals surface area contributed by atoms with Crippen LogP contribution in [0.15, 0.2) is 53.5 Å². The standard InChI is InChI=1S/C21H21F2N3O2/c1-4-7-14-8-5-6-9-16(14)21(18(27)26(3)20(24)25-21)15-10-11-17(13(2)12-15)28-19(22)23/h4-12,19H,1-3H3,(H2,24,25). The van der Waals surface area contributed by atoms with Crippen LogP contribution in [0.25, 0.3) is 6.08 Å². The second-order valence-electron chi connectivity index (χ2n) is 6.49. The normalized spacial score (nSPS) is 19.6. The predicted octanol–water partition coefficient (Wildman–Crippen LogP) is 3.66. The van der Waals surface area contributed by atoms with Crippen molar-refractivity contribution in [3.63, 3.8) is 0 Å². The zero-order valence-corrected chi connectivity index (χ0v) is 15.8. The number of ether oxygens (including phenoxy) is 1. The molecule has 5 nitrogen and oxygen atoms in total. The lowest BCUT2D eigenvalue weighted by molar-refractivity contribution is -0.129. The summed E-state index contributed by atoms with van der Waals surface area (Å²) in [4.78, 5) is 19.2. The molecule has 2 aromatic carbocycles. The Balaban J connectivity index is 2.27. The van der Waals surface area contributed by atoms with Crippen molar-refractivity contribution in [2.24, 2.45) is 10.7 Å². The number of halogens is 2. The van der Waals surface area contributed by atoms with Gasteiger partial charge in [-0.1, -0.05) is 42.5 Å². The van der Waals surface area contributed by atoms with Crippen molar-refractivity contribution < 1.29 is 18.3 Å². The molecular weight excluding hydrogens is 364 g/mol. The molecule has 146 valence electrons. The second kappa shape index (κ2) is 7.42. The molecule has 1 amide bonds. The van der Waals surface area contributed by atoms with Crippen LogP contribution in [0.4, 0.5) is 8.78 Å². The number of hydrogen-bond donors (Lipinski definition) is 1. The number of alkyl halides is 2. The van der Waals surface area contributed by atoms with Crippen LogP contribution in [0.1, 0.15) is 29.2 Å². The molecule has 1 aliphatic heterocycles. The third kappa shape index (κ3) is 3.13. The van der Waals surface area contributed by atoms with Crippen molar-refractivity contribution in [1.82, 2.24) is 4.90 Å². The molecule has 0 saturated heterocycles. The number of hydrogen-bond acceptors (Lipinski definition) is 4. The molecule has 0 radical (unpaired) electrons. The van der Waals surface area contributed by atoms with E-state index in [4.69, 9.17) is 5.73 Å². The lowest BCUT2D eigenvalue weighted by Gasteiger charge is -2.28. The van der Waals surface area contributed by atoms with E-state index in [1.54, 1.807) is 26.1 Å². The first kappa shape index (κ1) is 19.5. The van der Waals surface area contributed by atoms with Crippen LogP contribution in [0.3, 0.4) is 0 Å². The van der Waals surface area contributed by atoms with E-state index in [2.05, 4.69) is 9.73 Å². The van der Waals surface area contributed by atoms with E-state index in [0.29, 0.717) is 16.7 Å². The van der Waals surface area contributed by atoms with E-state index >= 15 is 0 Å². The van der Waals surface area contributed by atoms with Gasteiger partial charge in [-0.05, 0) is 42.7 Å². The summed E-state index contributed by atoms with van der Waals surface area (Å²) < 4.78 is 29.8. The number of aliphatic imine (C=N–C) groups is 1. The van der Waals surface area contributed by atoms with Gasteiger partial charge in [0.2, 0.25) is 0 Å². The van der Waals surface area contributed by atoms with Crippen LogP contribution in [-0.4, -0.2) is 30.4 Å². The van der Waals surface area contributed by atoms with Gasteiger partial charge in [0, 0.05) is 12.6 Å². The van der Waals surface area contributed by atoms with Gasteiger partial charge in [-0.2, -0.15) is 8.78 Å². The van der Waals surface area contributed by atoms with Gasteiger partial charge in [0.15, 0.2) is 11.5 Å². The average Bonchev–Trinajstić information content (AvgIpc) is 2.89. The first-order valence-electron chi connectivity index (χ1n) is 8.73. The molecule has 2 aromatic rings. The number of rotatable bonds is 5. The number of benzene rings is 2.